The Morgan fingerprint density at radius 1 is 1.11 bits per heavy atom. The Labute approximate surface area is 219 Å². The molecule has 0 spiro atoms. The summed E-state index contributed by atoms with van der Waals surface area (Å²) in [5, 5.41) is 14.8. The summed E-state index contributed by atoms with van der Waals surface area (Å²) in [6.45, 7) is 2.50. The second-order valence-electron chi connectivity index (χ2n) is 9.88. The van der Waals surface area contributed by atoms with Crippen molar-refractivity contribution in [2.45, 2.75) is 44.2 Å². The molecular weight excluding hydrogens is 492 g/mol. The lowest BCUT2D eigenvalue weighted by atomic mass is 9.74. The summed E-state index contributed by atoms with van der Waals surface area (Å²) < 4.78 is 41.8. The number of nitrogens with zero attached hydrogens (tertiary/aromatic N) is 4. The number of hydrogen-bond acceptors (Lipinski definition) is 7. The van der Waals surface area contributed by atoms with Crippen LogP contribution in [-0.4, -0.2) is 57.2 Å². The van der Waals surface area contributed by atoms with Crippen LogP contribution in [0.25, 0.3) is 16.8 Å². The van der Waals surface area contributed by atoms with Crippen molar-refractivity contribution in [2.75, 3.05) is 20.3 Å². The van der Waals surface area contributed by atoms with Crippen LogP contribution in [0.2, 0.25) is 0 Å². The molecule has 4 atom stereocenters. The Morgan fingerprint density at radius 3 is 2.63 bits per heavy atom. The van der Waals surface area contributed by atoms with E-state index in [-0.39, 0.29) is 41.5 Å². The van der Waals surface area contributed by atoms with E-state index in [4.69, 9.17) is 15.2 Å². The van der Waals surface area contributed by atoms with Crippen LogP contribution < -0.4 is 10.5 Å². The lowest BCUT2D eigenvalue weighted by Crippen LogP contribution is -2.44. The molecule has 3 N–H and O–H groups in total. The molecule has 1 aliphatic carbocycles. The molecule has 4 aromatic rings. The van der Waals surface area contributed by atoms with Crippen molar-refractivity contribution < 1.29 is 23.4 Å². The quantitative estimate of drug-likeness (QED) is 0.338. The highest BCUT2D eigenvalue weighted by atomic mass is 19.1. The van der Waals surface area contributed by atoms with Gasteiger partial charge in [-0.3, -0.25) is 4.98 Å². The molecular formula is C28H31F2N5O3. The van der Waals surface area contributed by atoms with E-state index in [0.717, 1.165) is 29.7 Å². The highest BCUT2D eigenvalue weighted by Gasteiger charge is 2.33. The minimum absolute atomic E-state index is 0.0820. The van der Waals surface area contributed by atoms with Crippen molar-refractivity contribution in [2.24, 2.45) is 11.7 Å². The Bertz CT molecular complexity index is 1390. The Morgan fingerprint density at radius 2 is 1.89 bits per heavy atom. The fourth-order valence-corrected chi connectivity index (χ4v) is 5.29. The molecule has 3 aromatic heterocycles. The molecule has 0 radical (unpaired) electrons. The van der Waals surface area contributed by atoms with Crippen LogP contribution in [0.3, 0.4) is 0 Å². The highest BCUT2D eigenvalue weighted by molar-refractivity contribution is 5.63. The Hall–Kier alpha value is -3.47. The second kappa shape index (κ2) is 11.1. The maximum Gasteiger partial charge on any atom is 0.139 e. The number of fused-ring (bicyclic) bond motifs is 1. The van der Waals surface area contributed by atoms with Gasteiger partial charge in [-0.15, -0.1) is 0 Å². The molecule has 3 heterocycles. The van der Waals surface area contributed by atoms with Crippen LogP contribution in [0.5, 0.6) is 5.75 Å². The first-order valence-electron chi connectivity index (χ1n) is 12.7. The molecule has 200 valence electrons. The van der Waals surface area contributed by atoms with Gasteiger partial charge in [-0.1, -0.05) is 6.92 Å². The first kappa shape index (κ1) is 26.1. The van der Waals surface area contributed by atoms with E-state index in [9.17, 15) is 13.9 Å². The van der Waals surface area contributed by atoms with E-state index in [0.29, 0.717) is 30.8 Å². The zero-order valence-corrected chi connectivity index (χ0v) is 21.3. The van der Waals surface area contributed by atoms with E-state index >= 15 is 0 Å². The summed E-state index contributed by atoms with van der Waals surface area (Å²) in [7, 11) is 1.52. The van der Waals surface area contributed by atoms with Crippen LogP contribution in [0.1, 0.15) is 42.6 Å². The molecule has 0 amide bonds. The summed E-state index contributed by atoms with van der Waals surface area (Å²) >= 11 is 0. The van der Waals surface area contributed by atoms with Gasteiger partial charge in [0.05, 0.1) is 35.7 Å². The molecule has 0 saturated heterocycles. The van der Waals surface area contributed by atoms with E-state index in [1.165, 1.54) is 7.11 Å². The maximum atomic E-state index is 15.0. The van der Waals surface area contributed by atoms with Crippen molar-refractivity contribution in [3.05, 3.63) is 77.5 Å². The molecule has 10 heteroatoms. The maximum absolute atomic E-state index is 15.0. The van der Waals surface area contributed by atoms with Crippen molar-refractivity contribution in [1.29, 1.82) is 0 Å². The van der Waals surface area contributed by atoms with E-state index < -0.39 is 17.7 Å². The van der Waals surface area contributed by atoms with Crippen LogP contribution in [0.15, 0.2) is 48.9 Å². The normalized spacial score (nSPS) is 21.6. The van der Waals surface area contributed by atoms with E-state index in [1.807, 2.05) is 19.2 Å². The summed E-state index contributed by atoms with van der Waals surface area (Å²) in [5.74, 6) is -0.578. The molecule has 1 aliphatic rings. The van der Waals surface area contributed by atoms with Gasteiger partial charge in [0.15, 0.2) is 0 Å². The Balaban J connectivity index is 1.45. The number of hydrogen-bond donors (Lipinski definition) is 2. The lowest BCUT2D eigenvalue weighted by molar-refractivity contribution is 0.0519. The van der Waals surface area contributed by atoms with Gasteiger partial charge in [0.25, 0.3) is 0 Å². The molecule has 8 nitrogen and oxygen atoms in total. The summed E-state index contributed by atoms with van der Waals surface area (Å²) in [6, 6.07) is 7.29. The molecule has 38 heavy (non-hydrogen) atoms. The van der Waals surface area contributed by atoms with Gasteiger partial charge in [0.1, 0.15) is 29.8 Å². The largest absolute Gasteiger partial charge is 0.491 e. The number of halogens is 2. The van der Waals surface area contributed by atoms with Crippen molar-refractivity contribution in [3.63, 3.8) is 0 Å². The van der Waals surface area contributed by atoms with Gasteiger partial charge in [-0.2, -0.15) is 5.10 Å². The van der Waals surface area contributed by atoms with Crippen molar-refractivity contribution in [3.8, 4) is 17.0 Å². The van der Waals surface area contributed by atoms with Crippen LogP contribution in [0.4, 0.5) is 8.78 Å². The average molecular weight is 524 g/mol. The minimum atomic E-state index is -0.773. The van der Waals surface area contributed by atoms with Gasteiger partial charge in [0, 0.05) is 44.1 Å². The van der Waals surface area contributed by atoms with Crippen molar-refractivity contribution in [1.82, 2.24) is 19.6 Å². The number of aromatic nitrogens is 4. The van der Waals surface area contributed by atoms with Gasteiger partial charge >= 0.3 is 0 Å². The summed E-state index contributed by atoms with van der Waals surface area (Å²) in [4.78, 5) is 8.86. The van der Waals surface area contributed by atoms with Gasteiger partial charge in [-0.25, -0.2) is 18.3 Å². The van der Waals surface area contributed by atoms with Crippen LogP contribution >= 0.6 is 0 Å². The lowest BCUT2D eigenvalue weighted by Gasteiger charge is -2.36. The van der Waals surface area contributed by atoms with Gasteiger partial charge < -0.3 is 20.3 Å². The third-order valence-electron chi connectivity index (χ3n) is 7.25. The molecule has 1 aromatic carbocycles. The number of aliphatic hydroxyl groups is 1. The highest BCUT2D eigenvalue weighted by Crippen LogP contribution is 2.37. The zero-order valence-electron chi connectivity index (χ0n) is 21.3. The molecule has 1 saturated carbocycles. The van der Waals surface area contributed by atoms with Gasteiger partial charge in [0.2, 0.25) is 0 Å². The Kier molecular flexibility index (Phi) is 7.64. The molecule has 0 bridgehead atoms. The van der Waals surface area contributed by atoms with Crippen molar-refractivity contribution >= 4 is 5.52 Å². The number of imidazole rings is 1. The summed E-state index contributed by atoms with van der Waals surface area (Å²) in [5.41, 5.74) is 8.92. The molecule has 1 fully saturated rings. The zero-order chi connectivity index (χ0) is 26.8. The predicted octanol–water partition coefficient (Wildman–Crippen LogP) is 3.89. The first-order chi connectivity index (χ1) is 18.4. The number of nitrogens with two attached hydrogens (primary N) is 1. The standard InChI is InChI=1S/C28H31F2N5O3/c1-16-9-17(10-24(31)28(16)36)21-5-6-32-14-18(21)11-26-33-15-19-3-4-25(34-35(19)26)27-22(29)12-20(13-23(27)30)38-8-7-37-2/h3-6,12-17,24,28,36H,7-11,31H2,1-2H3/t16-,17+,24+,28+/m0/s1. The summed E-state index contributed by atoms with van der Waals surface area (Å²) in [6.07, 6.45) is 6.65. The topological polar surface area (TPSA) is 108 Å². The number of aliphatic hydroxyl groups excluding tert-OH is 1. The smallest absolute Gasteiger partial charge is 0.139 e. The minimum Gasteiger partial charge on any atom is -0.491 e. The fraction of sp³-hybridized carbons (Fsp3) is 0.393. The van der Waals surface area contributed by atoms with Crippen LogP contribution in [-0.2, 0) is 11.2 Å². The predicted molar refractivity (Wildman–Crippen MR) is 138 cm³/mol. The number of rotatable bonds is 8. The monoisotopic (exact) mass is 523 g/mol. The third-order valence-corrected chi connectivity index (χ3v) is 7.25. The van der Waals surface area contributed by atoms with Gasteiger partial charge in [-0.05, 0) is 54.0 Å². The van der Waals surface area contributed by atoms with E-state index in [1.54, 1.807) is 29.0 Å². The first-order valence-corrected chi connectivity index (χ1v) is 12.7. The number of ether oxygens (including phenoxy) is 2. The number of pyridine rings is 1. The van der Waals surface area contributed by atoms with Crippen LogP contribution in [0, 0.1) is 17.6 Å². The molecule has 0 unspecified atom stereocenters. The molecule has 0 aliphatic heterocycles. The average Bonchev–Trinajstić information content (AvgIpc) is 3.29. The third kappa shape index (κ3) is 5.24. The molecule has 5 rings (SSSR count). The SMILES string of the molecule is COCCOc1cc(F)c(-c2ccc3cnc(Cc4cnccc4[C@H]4C[C@@H](N)[C@H](O)[C@@H](C)C4)n3n2)c(F)c1. The second-order valence-corrected chi connectivity index (χ2v) is 9.88. The number of benzene rings is 1. The van der Waals surface area contributed by atoms with E-state index in [2.05, 4.69) is 15.1 Å². The fourth-order valence-electron chi connectivity index (χ4n) is 5.29. The number of methoxy groups -OCH3 is 1.